The number of hydrogen-bond acceptors (Lipinski definition) is 5. The number of carbonyl (C=O) groups excluding carboxylic acids is 4. The van der Waals surface area contributed by atoms with Crippen LogP contribution in [0.5, 0.6) is 5.75 Å². The summed E-state index contributed by atoms with van der Waals surface area (Å²) in [6.45, 7) is 3.91. The van der Waals surface area contributed by atoms with Crippen LogP contribution in [0.1, 0.15) is 38.3 Å². The predicted molar refractivity (Wildman–Crippen MR) is 157 cm³/mol. The van der Waals surface area contributed by atoms with Crippen molar-refractivity contribution >= 4 is 98.8 Å². The van der Waals surface area contributed by atoms with E-state index in [1.54, 1.807) is 24.0 Å². The highest BCUT2D eigenvalue weighted by Gasteiger charge is 2.42. The first-order chi connectivity index (χ1) is 18.0. The van der Waals surface area contributed by atoms with Gasteiger partial charge in [-0.15, -0.1) is 0 Å². The van der Waals surface area contributed by atoms with Crippen molar-refractivity contribution < 1.29 is 23.9 Å². The maximum Gasteiger partial charge on any atom is 0.316 e. The van der Waals surface area contributed by atoms with Gasteiger partial charge in [-0.05, 0) is 119 Å². The summed E-state index contributed by atoms with van der Waals surface area (Å²) >= 11 is 13.7. The normalized spacial score (nSPS) is 16.9. The van der Waals surface area contributed by atoms with Crippen molar-refractivity contribution in [2.75, 3.05) is 16.3 Å². The fraction of sp³-hybridized carbons (Fsp3) is 0.185. The number of rotatable bonds is 4. The van der Waals surface area contributed by atoms with Crippen molar-refractivity contribution in [2.24, 2.45) is 5.92 Å². The van der Waals surface area contributed by atoms with Crippen LogP contribution >= 0.6 is 63.7 Å². The second-order valence-corrected chi connectivity index (χ2v) is 12.2. The van der Waals surface area contributed by atoms with Crippen LogP contribution in [0.4, 0.5) is 11.4 Å². The lowest BCUT2D eigenvalue weighted by Crippen LogP contribution is -2.30. The number of halogens is 4. The molecule has 0 radical (unpaired) electrons. The van der Waals surface area contributed by atoms with Crippen LogP contribution in [-0.2, 0) is 9.59 Å². The molecule has 7 nitrogen and oxygen atoms in total. The highest BCUT2D eigenvalue weighted by atomic mass is 79.9. The summed E-state index contributed by atoms with van der Waals surface area (Å²) in [5.74, 6) is -1.93. The van der Waals surface area contributed by atoms with Gasteiger partial charge in [-0.2, -0.15) is 0 Å². The average Bonchev–Trinajstić information content (AvgIpc) is 3.39. The molecular weight excluding hydrogens is 752 g/mol. The van der Waals surface area contributed by atoms with Crippen molar-refractivity contribution in [3.8, 4) is 5.75 Å². The Morgan fingerprint density at radius 3 is 2.08 bits per heavy atom. The maximum absolute atomic E-state index is 13.3. The molecule has 194 valence electrons. The van der Waals surface area contributed by atoms with Crippen LogP contribution in [0, 0.1) is 19.8 Å². The monoisotopic (exact) mass is 766 g/mol. The summed E-state index contributed by atoms with van der Waals surface area (Å²) in [5.41, 5.74) is 3.22. The van der Waals surface area contributed by atoms with Gasteiger partial charge >= 0.3 is 5.97 Å². The first-order valence-corrected chi connectivity index (χ1v) is 14.6. The molecule has 5 rings (SSSR count). The van der Waals surface area contributed by atoms with Gasteiger partial charge in [-0.25, -0.2) is 4.90 Å². The van der Waals surface area contributed by atoms with E-state index in [4.69, 9.17) is 4.74 Å². The molecule has 1 saturated heterocycles. The highest BCUT2D eigenvalue weighted by Crippen LogP contribution is 2.46. The minimum Gasteiger partial charge on any atom is -0.426 e. The number of benzene rings is 3. The van der Waals surface area contributed by atoms with Crippen molar-refractivity contribution in [2.45, 2.75) is 20.3 Å². The van der Waals surface area contributed by atoms with Crippen LogP contribution in [0.3, 0.4) is 0 Å². The SMILES string of the molecule is Cc1cccc(N2C[C@H](C(=O)Oc3ccc(N4C(=O)c5c(Br)c(Br)c(Br)c(Br)c5C4=O)c(C)c3)CC2=O)c1. The van der Waals surface area contributed by atoms with E-state index in [1.165, 1.54) is 6.07 Å². The van der Waals surface area contributed by atoms with E-state index >= 15 is 0 Å². The number of nitrogens with zero attached hydrogens (tertiary/aromatic N) is 2. The number of aryl methyl sites for hydroxylation is 2. The predicted octanol–water partition coefficient (Wildman–Crippen LogP) is 7.11. The van der Waals surface area contributed by atoms with Gasteiger partial charge in [0.1, 0.15) is 5.75 Å². The molecule has 0 aromatic heterocycles. The van der Waals surface area contributed by atoms with Gasteiger partial charge in [0.05, 0.1) is 22.7 Å². The van der Waals surface area contributed by atoms with E-state index in [0.717, 1.165) is 16.2 Å². The maximum atomic E-state index is 13.3. The number of imide groups is 1. The van der Waals surface area contributed by atoms with Crippen molar-refractivity contribution in [3.05, 3.63) is 82.6 Å². The fourth-order valence-electron chi connectivity index (χ4n) is 4.62. The largest absolute Gasteiger partial charge is 0.426 e. The van der Waals surface area contributed by atoms with Crippen LogP contribution < -0.4 is 14.5 Å². The summed E-state index contributed by atoms with van der Waals surface area (Å²) in [6, 6.07) is 12.3. The zero-order valence-corrected chi connectivity index (χ0v) is 26.3. The van der Waals surface area contributed by atoms with E-state index in [0.29, 0.717) is 29.1 Å². The van der Waals surface area contributed by atoms with Gasteiger partial charge in [0.25, 0.3) is 11.8 Å². The second kappa shape index (κ2) is 10.3. The Bertz CT molecular complexity index is 1520. The van der Waals surface area contributed by atoms with E-state index in [1.807, 2.05) is 31.2 Å². The molecule has 3 aromatic rings. The van der Waals surface area contributed by atoms with Crippen LogP contribution in [0.2, 0.25) is 0 Å². The first-order valence-electron chi connectivity index (χ1n) is 11.4. The van der Waals surface area contributed by atoms with E-state index in [2.05, 4.69) is 63.7 Å². The standard InChI is InChI=1S/C27H18Br4N2O5/c1-12-4-3-5-15(8-12)32-11-14(10-18(32)34)27(37)38-16-6-7-17(13(2)9-16)33-25(35)19-20(26(33)36)22(29)24(31)23(30)21(19)28/h3-9,14H,10-11H2,1-2H3/t14-/m1/s1. The average molecular weight is 770 g/mol. The summed E-state index contributed by atoms with van der Waals surface area (Å²) in [6.07, 6.45) is 0.0632. The number of carbonyl (C=O) groups is 4. The van der Waals surface area contributed by atoms with Gasteiger partial charge in [-0.3, -0.25) is 19.2 Å². The van der Waals surface area contributed by atoms with Crippen molar-refractivity contribution in [1.82, 2.24) is 0 Å². The number of fused-ring (bicyclic) bond motifs is 1. The van der Waals surface area contributed by atoms with Crippen LogP contribution in [-0.4, -0.2) is 30.2 Å². The van der Waals surface area contributed by atoms with E-state index < -0.39 is 23.7 Å². The van der Waals surface area contributed by atoms with Crippen LogP contribution in [0.25, 0.3) is 0 Å². The molecule has 0 saturated carbocycles. The second-order valence-electron chi connectivity index (χ2n) is 9.07. The van der Waals surface area contributed by atoms with E-state index in [9.17, 15) is 19.2 Å². The lowest BCUT2D eigenvalue weighted by Gasteiger charge is -2.18. The Hall–Kier alpha value is -2.34. The lowest BCUT2D eigenvalue weighted by atomic mass is 10.1. The third kappa shape index (κ3) is 4.57. The number of hydrogen-bond donors (Lipinski definition) is 0. The Labute approximate surface area is 252 Å². The highest BCUT2D eigenvalue weighted by molar-refractivity contribution is 9.15. The molecule has 0 N–H and O–H groups in total. The summed E-state index contributed by atoms with van der Waals surface area (Å²) in [4.78, 5) is 54.9. The molecular formula is C27H18Br4N2O5. The lowest BCUT2D eigenvalue weighted by molar-refractivity contribution is -0.139. The summed E-state index contributed by atoms with van der Waals surface area (Å²) in [5, 5.41) is 0. The number of amides is 3. The molecule has 2 aliphatic heterocycles. The third-order valence-corrected chi connectivity index (χ3v) is 11.3. The number of esters is 1. The third-order valence-electron chi connectivity index (χ3n) is 6.50. The zero-order chi connectivity index (χ0) is 27.5. The minimum atomic E-state index is -0.606. The smallest absolute Gasteiger partial charge is 0.316 e. The first kappa shape index (κ1) is 27.2. The number of anilines is 2. The quantitative estimate of drug-likeness (QED) is 0.0930. The molecule has 3 aromatic carbocycles. The minimum absolute atomic E-state index is 0.0632. The molecule has 1 fully saturated rings. The Kier molecular flexibility index (Phi) is 7.40. The molecule has 3 amide bonds. The van der Waals surface area contributed by atoms with E-state index in [-0.39, 0.29) is 35.7 Å². The fourth-order valence-corrected chi connectivity index (χ4v) is 7.08. The molecule has 0 spiro atoms. The van der Waals surface area contributed by atoms with Gasteiger partial charge in [0, 0.05) is 36.5 Å². The number of ether oxygens (including phenoxy) is 1. The van der Waals surface area contributed by atoms with Crippen LogP contribution in [0.15, 0.2) is 60.4 Å². The van der Waals surface area contributed by atoms with Gasteiger partial charge in [-0.1, -0.05) is 12.1 Å². The zero-order valence-electron chi connectivity index (χ0n) is 20.0. The van der Waals surface area contributed by atoms with Gasteiger partial charge in [0.2, 0.25) is 5.91 Å². The molecule has 0 bridgehead atoms. The molecule has 2 heterocycles. The van der Waals surface area contributed by atoms with Crippen molar-refractivity contribution in [1.29, 1.82) is 0 Å². The Morgan fingerprint density at radius 1 is 0.868 bits per heavy atom. The van der Waals surface area contributed by atoms with Crippen molar-refractivity contribution in [3.63, 3.8) is 0 Å². The molecule has 38 heavy (non-hydrogen) atoms. The molecule has 0 aliphatic carbocycles. The Balaban J connectivity index is 1.35. The Morgan fingerprint density at radius 2 is 1.50 bits per heavy atom. The molecule has 11 heteroatoms. The molecule has 2 aliphatic rings. The molecule has 0 unspecified atom stereocenters. The summed E-state index contributed by atoms with van der Waals surface area (Å²) < 4.78 is 7.76. The van der Waals surface area contributed by atoms with Gasteiger partial charge < -0.3 is 9.64 Å². The molecule has 1 atom stereocenters. The summed E-state index contributed by atoms with van der Waals surface area (Å²) in [7, 11) is 0. The topological polar surface area (TPSA) is 84.0 Å². The van der Waals surface area contributed by atoms with Gasteiger partial charge in [0.15, 0.2) is 0 Å².